The van der Waals surface area contributed by atoms with Crippen LogP contribution >= 0.6 is 0 Å². The minimum absolute atomic E-state index is 0.0625. The molecule has 3 rings (SSSR count). The normalized spacial score (nSPS) is 15.7. The van der Waals surface area contributed by atoms with Gasteiger partial charge >= 0.3 is 0 Å². The van der Waals surface area contributed by atoms with Gasteiger partial charge in [0.25, 0.3) is 10.0 Å². The Morgan fingerprint density at radius 2 is 1.31 bits per heavy atom. The Balaban J connectivity index is 2.36. The van der Waals surface area contributed by atoms with E-state index in [9.17, 15) is 8.42 Å². The highest BCUT2D eigenvalue weighted by Gasteiger charge is 2.44. The number of aryl methyl sites for hydroxylation is 1. The maximum absolute atomic E-state index is 15.3. The van der Waals surface area contributed by atoms with E-state index < -0.39 is 32.7 Å². The smallest absolute Gasteiger partial charge is 0.244 e. The highest BCUT2D eigenvalue weighted by Crippen LogP contribution is 2.40. The summed E-state index contributed by atoms with van der Waals surface area (Å²) < 4.78 is 46.8. The molecule has 0 saturated heterocycles. The summed E-state index contributed by atoms with van der Waals surface area (Å²) in [5, 5.41) is 0. The van der Waals surface area contributed by atoms with Crippen LogP contribution in [-0.4, -0.2) is 25.6 Å². The Morgan fingerprint density at radius 3 is 1.83 bits per heavy atom. The summed E-state index contributed by atoms with van der Waals surface area (Å²) in [6, 6.07) is 25.7. The van der Waals surface area contributed by atoms with Gasteiger partial charge in [0.1, 0.15) is 0 Å². The van der Waals surface area contributed by atoms with Gasteiger partial charge in [-0.2, -0.15) is 8.42 Å². The van der Waals surface area contributed by atoms with Crippen LogP contribution in [0.25, 0.3) is 0 Å². The van der Waals surface area contributed by atoms with Crippen molar-refractivity contribution in [1.82, 2.24) is 0 Å². The highest BCUT2D eigenvalue weighted by molar-refractivity contribution is 8.04. The molecule has 35 heavy (non-hydrogen) atoms. The van der Waals surface area contributed by atoms with E-state index in [0.717, 1.165) is 30.4 Å². The van der Waals surface area contributed by atoms with Gasteiger partial charge < -0.3 is 0 Å². The Morgan fingerprint density at radius 1 is 0.771 bits per heavy atom. The summed E-state index contributed by atoms with van der Waals surface area (Å²) in [5.41, 5.74) is 2.05. The first-order valence-electron chi connectivity index (χ1n) is 12.2. The first-order chi connectivity index (χ1) is 16.5. The van der Waals surface area contributed by atoms with Crippen LogP contribution in [0.3, 0.4) is 0 Å². The molecule has 0 amide bonds. The maximum atomic E-state index is 15.3. The minimum Gasteiger partial charge on any atom is -0.244 e. The fraction of sp³-hybridized carbons (Fsp3) is 0.357. The lowest BCUT2D eigenvalue weighted by Gasteiger charge is -2.38. The molecule has 7 heteroatoms. The van der Waals surface area contributed by atoms with Gasteiger partial charge in [0.15, 0.2) is 0 Å². The molecule has 3 unspecified atom stereocenters. The number of sulfonamides is 1. The summed E-state index contributed by atoms with van der Waals surface area (Å²) in [4.78, 5) is 0.165. The van der Waals surface area contributed by atoms with Crippen molar-refractivity contribution < 1.29 is 12.6 Å². The number of rotatable bonds is 10. The zero-order valence-corrected chi connectivity index (χ0v) is 24.0. The molecule has 0 aromatic heterocycles. The molecule has 3 aromatic rings. The summed E-state index contributed by atoms with van der Waals surface area (Å²) in [7, 11) is -9.76. The van der Waals surface area contributed by atoms with Crippen molar-refractivity contribution in [2.24, 2.45) is 3.77 Å². The lowest BCUT2D eigenvalue weighted by molar-refractivity contribution is 0.588. The third kappa shape index (κ3) is 6.51. The first kappa shape index (κ1) is 27.4. The second-order valence-electron chi connectivity index (χ2n) is 10.2. The Labute approximate surface area is 213 Å². The number of hydrogen-bond donors (Lipinski definition) is 0. The molecule has 0 saturated carbocycles. The van der Waals surface area contributed by atoms with Gasteiger partial charge in [0, 0.05) is 9.77 Å². The van der Waals surface area contributed by atoms with E-state index in [4.69, 9.17) is 0 Å². The zero-order chi connectivity index (χ0) is 25.7. The van der Waals surface area contributed by atoms with Gasteiger partial charge in [0.05, 0.1) is 22.7 Å². The summed E-state index contributed by atoms with van der Waals surface area (Å²) in [5.74, 6) is -0.0625. The predicted molar refractivity (Wildman–Crippen MR) is 149 cm³/mol. The monoisotopic (exact) mass is 527 g/mol. The molecule has 0 bridgehead atoms. The fourth-order valence-electron chi connectivity index (χ4n) is 4.67. The number of benzene rings is 3. The SMILES string of the molecule is CCCCC(c1ccccc1)C([Si](C)(C)C)S(=O)(=NS(=O)(=O)c1ccc(C)cc1)c1ccccc1. The van der Waals surface area contributed by atoms with Crippen molar-refractivity contribution in [2.75, 3.05) is 0 Å². The van der Waals surface area contributed by atoms with E-state index in [1.165, 1.54) is 0 Å². The zero-order valence-electron chi connectivity index (χ0n) is 21.3. The molecule has 4 nitrogen and oxygen atoms in total. The van der Waals surface area contributed by atoms with Crippen molar-refractivity contribution in [2.45, 2.75) is 73.3 Å². The van der Waals surface area contributed by atoms with Crippen LogP contribution in [0.4, 0.5) is 0 Å². The first-order valence-corrected chi connectivity index (χ1v) is 18.8. The molecular formula is C28H37NO3S2Si. The Kier molecular flexibility index (Phi) is 8.78. The average Bonchev–Trinajstić information content (AvgIpc) is 2.82. The largest absolute Gasteiger partial charge is 0.290 e. The van der Waals surface area contributed by atoms with Crippen LogP contribution in [0, 0.1) is 6.92 Å². The molecule has 0 spiro atoms. The molecule has 188 valence electrons. The van der Waals surface area contributed by atoms with Crippen molar-refractivity contribution in [3.63, 3.8) is 0 Å². The van der Waals surface area contributed by atoms with Crippen LogP contribution in [0.5, 0.6) is 0 Å². The van der Waals surface area contributed by atoms with E-state index in [1.807, 2.05) is 43.3 Å². The third-order valence-electron chi connectivity index (χ3n) is 6.27. The number of unbranched alkanes of at least 4 members (excludes halogenated alkanes) is 1. The van der Waals surface area contributed by atoms with Gasteiger partial charge in [-0.3, -0.25) is 0 Å². The predicted octanol–water partition coefficient (Wildman–Crippen LogP) is 7.43. The van der Waals surface area contributed by atoms with E-state index >= 15 is 4.21 Å². The second-order valence-corrected chi connectivity index (χ2v) is 20.1. The van der Waals surface area contributed by atoms with Gasteiger partial charge in [-0.25, -0.2) is 4.21 Å². The molecule has 3 atom stereocenters. The molecule has 3 aromatic carbocycles. The third-order valence-corrected chi connectivity index (χ3v) is 16.0. The average molecular weight is 528 g/mol. The topological polar surface area (TPSA) is 63.6 Å². The summed E-state index contributed by atoms with van der Waals surface area (Å²) in [6.07, 6.45) is 2.81. The maximum Gasteiger partial charge on any atom is 0.290 e. The molecule has 0 fully saturated rings. The second kappa shape index (κ2) is 11.2. The molecule has 0 N–H and O–H groups in total. The van der Waals surface area contributed by atoms with E-state index in [0.29, 0.717) is 4.90 Å². The van der Waals surface area contributed by atoms with E-state index in [1.54, 1.807) is 36.4 Å². The standard InChI is InChI=1S/C28H37NO3S2Si/c1-6-7-18-27(24-14-10-8-11-15-24)28(35(3,4)5)33(30,25-16-12-9-13-17-25)29-34(31,32)26-21-19-23(2)20-22-26/h8-17,19-22,27-28H,6-7,18H2,1-5H3. The quantitative estimate of drug-likeness (QED) is 0.258. The van der Waals surface area contributed by atoms with E-state index in [-0.39, 0.29) is 10.8 Å². The van der Waals surface area contributed by atoms with Gasteiger partial charge in [-0.05, 0) is 49.1 Å². The van der Waals surface area contributed by atoms with Crippen molar-refractivity contribution >= 4 is 27.8 Å². The Bertz CT molecular complexity index is 1320. The molecule has 0 radical (unpaired) electrons. The summed E-state index contributed by atoms with van der Waals surface area (Å²) >= 11 is 0. The highest BCUT2D eigenvalue weighted by atomic mass is 32.3. The van der Waals surface area contributed by atoms with Crippen molar-refractivity contribution in [3.8, 4) is 0 Å². The Hall–Kier alpha value is -2.22. The molecule has 0 aliphatic carbocycles. The van der Waals surface area contributed by atoms with Crippen LogP contribution in [0.2, 0.25) is 19.6 Å². The molecule has 0 aliphatic heterocycles. The van der Waals surface area contributed by atoms with Crippen molar-refractivity contribution in [1.29, 1.82) is 0 Å². The lowest BCUT2D eigenvalue weighted by Crippen LogP contribution is -2.48. The number of nitrogens with zero attached hydrogens (tertiary/aromatic N) is 1. The van der Waals surface area contributed by atoms with Crippen LogP contribution in [0.15, 0.2) is 98.5 Å². The van der Waals surface area contributed by atoms with E-state index in [2.05, 4.69) is 42.5 Å². The van der Waals surface area contributed by atoms with Crippen molar-refractivity contribution in [3.05, 3.63) is 96.1 Å². The van der Waals surface area contributed by atoms with Gasteiger partial charge in [-0.1, -0.05) is 106 Å². The minimum atomic E-state index is -4.15. The van der Waals surface area contributed by atoms with Crippen LogP contribution in [0.1, 0.15) is 43.2 Å². The summed E-state index contributed by atoms with van der Waals surface area (Å²) in [6.45, 7) is 10.6. The number of hydrogen-bond acceptors (Lipinski definition) is 3. The molecule has 0 aliphatic rings. The van der Waals surface area contributed by atoms with Gasteiger partial charge in [-0.15, -0.1) is 3.77 Å². The molecular weight excluding hydrogens is 491 g/mol. The fourth-order valence-corrected chi connectivity index (χ4v) is 15.2. The molecule has 0 heterocycles. The van der Waals surface area contributed by atoms with Gasteiger partial charge in [0.2, 0.25) is 0 Å². The van der Waals surface area contributed by atoms with Crippen LogP contribution in [-0.2, 0) is 19.8 Å². The lowest BCUT2D eigenvalue weighted by atomic mass is 9.95. The van der Waals surface area contributed by atoms with Crippen LogP contribution < -0.4 is 0 Å².